The van der Waals surface area contributed by atoms with Crippen molar-refractivity contribution in [2.75, 3.05) is 18.8 Å². The molecule has 1 unspecified atom stereocenters. The highest BCUT2D eigenvalue weighted by atomic mass is 32.2. The Balaban J connectivity index is 2.72. The summed E-state index contributed by atoms with van der Waals surface area (Å²) in [5, 5.41) is 2.17. The summed E-state index contributed by atoms with van der Waals surface area (Å²) in [5.74, 6) is -0.552. The molecule has 0 aromatic rings. The Labute approximate surface area is 114 Å². The number of carbonyl (C=O) groups excluding carboxylic acids is 2. The topological polar surface area (TPSA) is 83.6 Å². The quantitative estimate of drug-likeness (QED) is 0.759. The first-order valence-electron chi connectivity index (χ1n) is 6.45. The van der Waals surface area contributed by atoms with Crippen LogP contribution in [0.3, 0.4) is 0 Å². The molecule has 1 aliphatic rings. The summed E-state index contributed by atoms with van der Waals surface area (Å²) in [7, 11) is -3.20. The van der Waals surface area contributed by atoms with Gasteiger partial charge in [0.15, 0.2) is 9.84 Å². The lowest BCUT2D eigenvalue weighted by atomic mass is 10.0. The molecular weight excluding hydrogens is 268 g/mol. The van der Waals surface area contributed by atoms with E-state index in [0.29, 0.717) is 0 Å². The average Bonchev–Trinajstić information content (AvgIpc) is 2.29. The summed E-state index contributed by atoms with van der Waals surface area (Å²) >= 11 is 0. The van der Waals surface area contributed by atoms with Gasteiger partial charge in [0.1, 0.15) is 6.04 Å². The van der Waals surface area contributed by atoms with Crippen LogP contribution in [0, 0.1) is 5.92 Å². The number of rotatable bonds is 5. The van der Waals surface area contributed by atoms with Gasteiger partial charge in [-0.25, -0.2) is 8.42 Å². The molecule has 0 saturated carbocycles. The molecule has 2 amide bonds. The number of sulfone groups is 1. The van der Waals surface area contributed by atoms with Gasteiger partial charge in [-0.3, -0.25) is 9.59 Å². The van der Waals surface area contributed by atoms with E-state index >= 15 is 0 Å². The molecule has 1 aliphatic heterocycles. The maximum Gasteiger partial charge on any atom is 0.245 e. The van der Waals surface area contributed by atoms with E-state index in [2.05, 4.69) is 5.32 Å². The Kier molecular flexibility index (Phi) is 4.95. The van der Waals surface area contributed by atoms with Crippen molar-refractivity contribution in [3.63, 3.8) is 0 Å². The van der Waals surface area contributed by atoms with E-state index in [9.17, 15) is 18.0 Å². The second-order valence-corrected chi connectivity index (χ2v) is 8.14. The van der Waals surface area contributed by atoms with Crippen molar-refractivity contribution < 1.29 is 18.0 Å². The highest BCUT2D eigenvalue weighted by Gasteiger charge is 2.34. The molecule has 0 radical (unpaired) electrons. The van der Waals surface area contributed by atoms with Gasteiger partial charge in [0.2, 0.25) is 11.8 Å². The predicted octanol–water partition coefficient (Wildman–Crippen LogP) is -0.207. The van der Waals surface area contributed by atoms with Crippen LogP contribution in [0.15, 0.2) is 0 Å². The fourth-order valence-electron chi connectivity index (χ4n) is 1.84. The first kappa shape index (κ1) is 15.9. The molecule has 0 aliphatic carbocycles. The minimum atomic E-state index is -3.20. The molecule has 1 N–H and O–H groups in total. The smallest absolute Gasteiger partial charge is 0.245 e. The fraction of sp³-hybridized carbons (Fsp3) is 0.833. The maximum absolute atomic E-state index is 12.1. The number of hydrogen-bond donors (Lipinski definition) is 1. The van der Waals surface area contributed by atoms with Crippen LogP contribution in [0.4, 0.5) is 0 Å². The van der Waals surface area contributed by atoms with Crippen LogP contribution < -0.4 is 5.32 Å². The number of hydrogen-bond acceptors (Lipinski definition) is 4. The molecule has 19 heavy (non-hydrogen) atoms. The van der Waals surface area contributed by atoms with Gasteiger partial charge in [-0.1, -0.05) is 13.8 Å². The van der Waals surface area contributed by atoms with Crippen LogP contribution in [0.1, 0.15) is 27.7 Å². The first-order chi connectivity index (χ1) is 8.65. The van der Waals surface area contributed by atoms with E-state index in [1.807, 2.05) is 13.8 Å². The van der Waals surface area contributed by atoms with Crippen LogP contribution in [0.25, 0.3) is 0 Å². The van der Waals surface area contributed by atoms with Crippen LogP contribution in [-0.4, -0.2) is 55.3 Å². The third-order valence-corrected chi connectivity index (χ3v) is 5.45. The number of amides is 2. The molecule has 1 heterocycles. The van der Waals surface area contributed by atoms with Crippen molar-refractivity contribution in [3.8, 4) is 0 Å². The minimum Gasteiger partial charge on any atom is -0.343 e. The van der Waals surface area contributed by atoms with E-state index in [1.165, 1.54) is 4.90 Å². The molecule has 1 rings (SSSR count). The van der Waals surface area contributed by atoms with Crippen LogP contribution in [-0.2, 0) is 19.4 Å². The number of piperazine rings is 1. The van der Waals surface area contributed by atoms with Crippen LogP contribution in [0.2, 0.25) is 0 Å². The van der Waals surface area contributed by atoms with Crippen molar-refractivity contribution in [3.05, 3.63) is 0 Å². The second kappa shape index (κ2) is 5.90. The SMILES string of the molecule is CC(C)C1NC(=O)CN(CCS(=O)(=O)C(C)C)C1=O. The molecular formula is C12H22N2O4S. The standard InChI is InChI=1S/C12H22N2O4S/c1-8(2)11-12(16)14(7-10(15)13-11)5-6-19(17,18)9(3)4/h8-9,11H,5-7H2,1-4H3,(H,13,15). The van der Waals surface area contributed by atoms with E-state index in [0.717, 1.165) is 0 Å². The van der Waals surface area contributed by atoms with Crippen molar-refractivity contribution in [1.29, 1.82) is 0 Å². The predicted molar refractivity (Wildman–Crippen MR) is 72.3 cm³/mol. The average molecular weight is 290 g/mol. The summed E-state index contributed by atoms with van der Waals surface area (Å²) < 4.78 is 23.5. The van der Waals surface area contributed by atoms with Crippen molar-refractivity contribution in [2.24, 2.45) is 5.92 Å². The lowest BCUT2D eigenvalue weighted by molar-refractivity contribution is -0.145. The van der Waals surface area contributed by atoms with Gasteiger partial charge in [0.25, 0.3) is 0 Å². The Hall–Kier alpha value is -1.11. The fourth-order valence-corrected chi connectivity index (χ4v) is 2.79. The number of nitrogens with one attached hydrogen (secondary N) is 1. The van der Waals surface area contributed by atoms with E-state index in [1.54, 1.807) is 13.8 Å². The largest absolute Gasteiger partial charge is 0.343 e. The second-order valence-electron chi connectivity index (χ2n) is 5.46. The van der Waals surface area contributed by atoms with Crippen molar-refractivity contribution >= 4 is 21.7 Å². The van der Waals surface area contributed by atoms with Gasteiger partial charge in [0, 0.05) is 6.54 Å². The van der Waals surface area contributed by atoms with Crippen LogP contribution in [0.5, 0.6) is 0 Å². The van der Waals surface area contributed by atoms with Crippen LogP contribution >= 0.6 is 0 Å². The highest BCUT2D eigenvalue weighted by Crippen LogP contribution is 2.11. The molecule has 0 bridgehead atoms. The zero-order valence-corrected chi connectivity index (χ0v) is 12.7. The summed E-state index contributed by atoms with van der Waals surface area (Å²) in [5.41, 5.74) is 0. The van der Waals surface area contributed by atoms with Gasteiger partial charge in [-0.2, -0.15) is 0 Å². The summed E-state index contributed by atoms with van der Waals surface area (Å²) in [6.07, 6.45) is 0. The Morgan fingerprint density at radius 1 is 1.26 bits per heavy atom. The maximum atomic E-state index is 12.1. The molecule has 1 fully saturated rings. The molecule has 1 atom stereocenters. The third kappa shape index (κ3) is 3.92. The molecule has 1 saturated heterocycles. The Morgan fingerprint density at radius 2 is 1.84 bits per heavy atom. The van der Waals surface area contributed by atoms with E-state index < -0.39 is 21.1 Å². The van der Waals surface area contributed by atoms with Gasteiger partial charge in [-0.15, -0.1) is 0 Å². The number of nitrogens with zero attached hydrogens (tertiary/aromatic N) is 1. The highest BCUT2D eigenvalue weighted by molar-refractivity contribution is 7.92. The normalized spacial score (nSPS) is 21.2. The molecule has 0 spiro atoms. The van der Waals surface area contributed by atoms with Crippen molar-refractivity contribution in [1.82, 2.24) is 10.2 Å². The molecule has 0 aromatic heterocycles. The molecule has 6 nitrogen and oxygen atoms in total. The van der Waals surface area contributed by atoms with Gasteiger partial charge < -0.3 is 10.2 Å². The number of carbonyl (C=O) groups is 2. The first-order valence-corrected chi connectivity index (χ1v) is 8.16. The van der Waals surface area contributed by atoms with Gasteiger partial charge in [-0.05, 0) is 19.8 Å². The Bertz CT molecular complexity index is 456. The lowest BCUT2D eigenvalue weighted by Crippen LogP contribution is -2.60. The van der Waals surface area contributed by atoms with Crippen molar-refractivity contribution in [2.45, 2.75) is 39.0 Å². The summed E-state index contributed by atoms with van der Waals surface area (Å²) in [6.45, 7) is 6.92. The minimum absolute atomic E-state index is 0.0130. The summed E-state index contributed by atoms with van der Waals surface area (Å²) in [4.78, 5) is 25.0. The molecule has 0 aromatic carbocycles. The third-order valence-electron chi connectivity index (χ3n) is 3.26. The zero-order valence-electron chi connectivity index (χ0n) is 11.8. The monoisotopic (exact) mass is 290 g/mol. The lowest BCUT2D eigenvalue weighted by Gasteiger charge is -2.34. The molecule has 7 heteroatoms. The van der Waals surface area contributed by atoms with E-state index in [4.69, 9.17) is 0 Å². The zero-order chi connectivity index (χ0) is 14.8. The van der Waals surface area contributed by atoms with Gasteiger partial charge in [0.05, 0.1) is 17.5 Å². The Morgan fingerprint density at radius 3 is 2.32 bits per heavy atom. The van der Waals surface area contributed by atoms with Gasteiger partial charge >= 0.3 is 0 Å². The molecule has 110 valence electrons. The summed E-state index contributed by atoms with van der Waals surface area (Å²) in [6, 6.07) is -0.553. The van der Waals surface area contributed by atoms with E-state index in [-0.39, 0.29) is 36.6 Å².